The van der Waals surface area contributed by atoms with Crippen molar-refractivity contribution in [2.75, 3.05) is 35.3 Å². The first-order valence-electron chi connectivity index (χ1n) is 10.8. The Hall–Kier alpha value is -3.83. The number of nitrogens with zero attached hydrogens (tertiary/aromatic N) is 1. The molecular weight excluding hydrogens is 420 g/mol. The van der Waals surface area contributed by atoms with Crippen molar-refractivity contribution in [3.8, 4) is 12.3 Å². The van der Waals surface area contributed by atoms with Crippen LogP contribution in [-0.4, -0.2) is 43.6 Å². The minimum absolute atomic E-state index is 0.0666. The molecule has 8 nitrogen and oxygen atoms in total. The molecule has 2 aromatic carbocycles. The lowest BCUT2D eigenvalue weighted by molar-refractivity contribution is -0.125. The van der Waals surface area contributed by atoms with E-state index in [0.29, 0.717) is 36.5 Å². The lowest BCUT2D eigenvalue weighted by Crippen LogP contribution is -2.46. The molecule has 1 aliphatic heterocycles. The Bertz CT molecular complexity index is 1030. The fourth-order valence-electron chi connectivity index (χ4n) is 3.42. The van der Waals surface area contributed by atoms with Gasteiger partial charge in [-0.05, 0) is 60.9 Å². The van der Waals surface area contributed by atoms with Crippen LogP contribution in [0.4, 0.5) is 21.9 Å². The van der Waals surface area contributed by atoms with Crippen LogP contribution in [0.3, 0.4) is 0 Å². The van der Waals surface area contributed by atoms with Crippen molar-refractivity contribution in [1.82, 2.24) is 5.32 Å². The van der Waals surface area contributed by atoms with Crippen LogP contribution in [0.5, 0.6) is 0 Å². The van der Waals surface area contributed by atoms with E-state index in [1.165, 1.54) is 0 Å². The van der Waals surface area contributed by atoms with Crippen molar-refractivity contribution < 1.29 is 19.1 Å². The predicted octanol–water partition coefficient (Wildman–Crippen LogP) is 3.21. The van der Waals surface area contributed by atoms with Crippen LogP contribution in [-0.2, 0) is 14.3 Å². The molecule has 8 heteroatoms. The molecule has 1 saturated heterocycles. The molecule has 0 bridgehead atoms. The molecule has 0 aliphatic carbocycles. The molecule has 4 amide bonds. The molecule has 1 fully saturated rings. The highest BCUT2D eigenvalue weighted by Gasteiger charge is 2.23. The number of urea groups is 1. The molecule has 172 valence electrons. The highest BCUT2D eigenvalue weighted by molar-refractivity contribution is 5.99. The standard InChI is InChI=1S/C25H28N4O4/c1-4-18-5-7-20(8-6-18)27-25(32)28-22(15-17(2)3)24(31)26-19-9-11-21(12-10-19)29-13-14-33-16-23(29)30/h1,5-12,17,22H,13-16H2,2-3H3,(H,26,31)(H2,27,28,32)/t22-/m1/s1. The Balaban J connectivity index is 1.61. The normalized spacial score (nSPS) is 14.4. The molecule has 2 aromatic rings. The maximum absolute atomic E-state index is 12.9. The fraction of sp³-hybridized carbons (Fsp3) is 0.320. The lowest BCUT2D eigenvalue weighted by Gasteiger charge is -2.27. The Kier molecular flexibility index (Phi) is 8.06. The molecule has 33 heavy (non-hydrogen) atoms. The Morgan fingerprint density at radius 2 is 1.70 bits per heavy atom. The molecule has 0 aromatic heterocycles. The van der Waals surface area contributed by atoms with Crippen molar-refractivity contribution >= 4 is 34.9 Å². The molecule has 0 spiro atoms. The van der Waals surface area contributed by atoms with Gasteiger partial charge in [0.25, 0.3) is 5.91 Å². The zero-order valence-electron chi connectivity index (χ0n) is 18.8. The number of hydrogen-bond donors (Lipinski definition) is 3. The molecule has 1 aliphatic rings. The first-order chi connectivity index (χ1) is 15.9. The number of carbonyl (C=O) groups excluding carboxylic acids is 3. The van der Waals surface area contributed by atoms with E-state index < -0.39 is 12.1 Å². The van der Waals surface area contributed by atoms with Crippen molar-refractivity contribution in [3.63, 3.8) is 0 Å². The summed E-state index contributed by atoms with van der Waals surface area (Å²) in [7, 11) is 0. The summed E-state index contributed by atoms with van der Waals surface area (Å²) in [6, 6.07) is 12.7. The molecule has 3 rings (SSSR count). The summed E-state index contributed by atoms with van der Waals surface area (Å²) in [4.78, 5) is 39.0. The molecule has 3 N–H and O–H groups in total. The van der Waals surface area contributed by atoms with Gasteiger partial charge in [-0.2, -0.15) is 0 Å². The van der Waals surface area contributed by atoms with Gasteiger partial charge in [-0.3, -0.25) is 9.59 Å². The highest BCUT2D eigenvalue weighted by Crippen LogP contribution is 2.20. The summed E-state index contributed by atoms with van der Waals surface area (Å²) in [6.45, 7) is 5.00. The number of hydrogen-bond acceptors (Lipinski definition) is 4. The Labute approximate surface area is 193 Å². The number of anilines is 3. The monoisotopic (exact) mass is 448 g/mol. The van der Waals surface area contributed by atoms with Gasteiger partial charge < -0.3 is 25.6 Å². The average Bonchev–Trinajstić information content (AvgIpc) is 2.80. The van der Waals surface area contributed by atoms with Gasteiger partial charge in [0.2, 0.25) is 5.91 Å². The molecule has 0 radical (unpaired) electrons. The second kappa shape index (κ2) is 11.2. The third kappa shape index (κ3) is 6.82. The van der Waals surface area contributed by atoms with E-state index in [0.717, 1.165) is 5.69 Å². The van der Waals surface area contributed by atoms with Crippen molar-refractivity contribution in [2.24, 2.45) is 5.92 Å². The third-order valence-corrected chi connectivity index (χ3v) is 5.07. The van der Waals surface area contributed by atoms with Crippen LogP contribution in [0.25, 0.3) is 0 Å². The lowest BCUT2D eigenvalue weighted by atomic mass is 10.0. The fourth-order valence-corrected chi connectivity index (χ4v) is 3.42. The van der Waals surface area contributed by atoms with Gasteiger partial charge in [0, 0.05) is 29.2 Å². The van der Waals surface area contributed by atoms with Gasteiger partial charge in [0.05, 0.1) is 6.61 Å². The second-order valence-corrected chi connectivity index (χ2v) is 8.14. The van der Waals surface area contributed by atoms with Crippen LogP contribution in [0.2, 0.25) is 0 Å². The number of ether oxygens (including phenoxy) is 1. The summed E-state index contributed by atoms with van der Waals surface area (Å²) in [5.41, 5.74) is 2.60. The number of nitrogens with one attached hydrogen (secondary N) is 3. The van der Waals surface area contributed by atoms with E-state index in [2.05, 4.69) is 21.9 Å². The van der Waals surface area contributed by atoms with Gasteiger partial charge >= 0.3 is 6.03 Å². The third-order valence-electron chi connectivity index (χ3n) is 5.07. The number of amides is 4. The van der Waals surface area contributed by atoms with Gasteiger partial charge in [0.15, 0.2) is 0 Å². The minimum atomic E-state index is -0.726. The zero-order chi connectivity index (χ0) is 23.8. The summed E-state index contributed by atoms with van der Waals surface area (Å²) < 4.78 is 5.15. The quantitative estimate of drug-likeness (QED) is 0.567. The van der Waals surface area contributed by atoms with Crippen LogP contribution < -0.4 is 20.9 Å². The van der Waals surface area contributed by atoms with Crippen LogP contribution in [0, 0.1) is 18.3 Å². The number of morpholine rings is 1. The topological polar surface area (TPSA) is 99.8 Å². The summed E-state index contributed by atoms with van der Waals surface area (Å²) in [5, 5.41) is 8.30. The Morgan fingerprint density at radius 3 is 2.30 bits per heavy atom. The smallest absolute Gasteiger partial charge is 0.319 e. The number of terminal acetylenes is 1. The minimum Gasteiger partial charge on any atom is -0.370 e. The van der Waals surface area contributed by atoms with E-state index in [9.17, 15) is 14.4 Å². The SMILES string of the molecule is C#Cc1ccc(NC(=O)N[C@H](CC(C)C)C(=O)Nc2ccc(N3CCOCC3=O)cc2)cc1. The zero-order valence-corrected chi connectivity index (χ0v) is 18.8. The maximum Gasteiger partial charge on any atom is 0.319 e. The van der Waals surface area contributed by atoms with Crippen molar-refractivity contribution in [3.05, 3.63) is 54.1 Å². The van der Waals surface area contributed by atoms with E-state index in [-0.39, 0.29) is 24.3 Å². The van der Waals surface area contributed by atoms with Gasteiger partial charge in [-0.25, -0.2) is 4.79 Å². The van der Waals surface area contributed by atoms with Crippen molar-refractivity contribution in [1.29, 1.82) is 0 Å². The van der Waals surface area contributed by atoms with E-state index in [1.54, 1.807) is 53.4 Å². The first-order valence-corrected chi connectivity index (χ1v) is 10.8. The first kappa shape index (κ1) is 23.8. The van der Waals surface area contributed by atoms with Crippen molar-refractivity contribution in [2.45, 2.75) is 26.3 Å². The second-order valence-electron chi connectivity index (χ2n) is 8.14. The maximum atomic E-state index is 12.9. The van der Waals surface area contributed by atoms with E-state index in [4.69, 9.17) is 11.2 Å². The highest BCUT2D eigenvalue weighted by atomic mass is 16.5. The molecule has 1 atom stereocenters. The van der Waals surface area contributed by atoms with E-state index >= 15 is 0 Å². The molecule has 1 heterocycles. The average molecular weight is 449 g/mol. The number of benzene rings is 2. The van der Waals surface area contributed by atoms with Gasteiger partial charge in [-0.15, -0.1) is 6.42 Å². The molecular formula is C25H28N4O4. The number of carbonyl (C=O) groups is 3. The number of rotatable bonds is 7. The summed E-state index contributed by atoms with van der Waals surface area (Å²) in [6.07, 6.45) is 5.81. The van der Waals surface area contributed by atoms with Crippen LogP contribution in [0.1, 0.15) is 25.8 Å². The molecule has 0 unspecified atom stereocenters. The predicted molar refractivity (Wildman–Crippen MR) is 128 cm³/mol. The summed E-state index contributed by atoms with van der Waals surface area (Å²) >= 11 is 0. The summed E-state index contributed by atoms with van der Waals surface area (Å²) in [5.74, 6) is 2.28. The Morgan fingerprint density at radius 1 is 1.06 bits per heavy atom. The van der Waals surface area contributed by atoms with Crippen LogP contribution >= 0.6 is 0 Å². The van der Waals surface area contributed by atoms with Gasteiger partial charge in [-0.1, -0.05) is 19.8 Å². The van der Waals surface area contributed by atoms with Crippen LogP contribution in [0.15, 0.2) is 48.5 Å². The van der Waals surface area contributed by atoms with Gasteiger partial charge in [0.1, 0.15) is 12.6 Å². The molecule has 0 saturated carbocycles. The largest absolute Gasteiger partial charge is 0.370 e. The van der Waals surface area contributed by atoms with E-state index in [1.807, 2.05) is 13.8 Å².